The molecular formula is C32H30Cl2F. The Balaban J connectivity index is 1.77. The van der Waals surface area contributed by atoms with Crippen LogP contribution in [-0.2, 0) is 0 Å². The Labute approximate surface area is 218 Å². The minimum Gasteiger partial charge on any atom is -0.205 e. The third-order valence-corrected chi connectivity index (χ3v) is 7.44. The van der Waals surface area contributed by atoms with E-state index in [0.29, 0.717) is 10.9 Å². The summed E-state index contributed by atoms with van der Waals surface area (Å²) in [5.41, 5.74) is 4.69. The minimum absolute atomic E-state index is 0.0561. The highest BCUT2D eigenvalue weighted by Gasteiger charge is 2.32. The van der Waals surface area contributed by atoms with E-state index in [2.05, 4.69) is 74.5 Å². The Bertz CT molecular complexity index is 1220. The maximum Gasteiger partial charge on any atom is 0.141 e. The van der Waals surface area contributed by atoms with Gasteiger partial charge in [-0.2, -0.15) is 0 Å². The smallest absolute Gasteiger partial charge is 0.141 e. The van der Waals surface area contributed by atoms with E-state index in [1.165, 1.54) is 23.1 Å². The lowest BCUT2D eigenvalue weighted by Crippen LogP contribution is -2.19. The van der Waals surface area contributed by atoms with Gasteiger partial charge in [-0.25, -0.2) is 4.39 Å². The van der Waals surface area contributed by atoms with Crippen LogP contribution in [0.15, 0.2) is 103 Å². The summed E-state index contributed by atoms with van der Waals surface area (Å²) in [6.07, 6.45) is 1.82. The highest BCUT2D eigenvalue weighted by molar-refractivity contribution is 6.31. The van der Waals surface area contributed by atoms with Gasteiger partial charge in [0.05, 0.1) is 5.02 Å². The molecule has 3 atom stereocenters. The second kappa shape index (κ2) is 11.9. The van der Waals surface area contributed by atoms with Gasteiger partial charge in [0.25, 0.3) is 0 Å². The first-order chi connectivity index (χ1) is 16.9. The van der Waals surface area contributed by atoms with Gasteiger partial charge in [0.1, 0.15) is 5.82 Å². The van der Waals surface area contributed by atoms with Crippen LogP contribution in [0.3, 0.4) is 0 Å². The van der Waals surface area contributed by atoms with Crippen LogP contribution < -0.4 is 0 Å². The lowest BCUT2D eigenvalue weighted by atomic mass is 9.70. The van der Waals surface area contributed by atoms with E-state index in [0.717, 1.165) is 24.0 Å². The summed E-state index contributed by atoms with van der Waals surface area (Å²) in [6.45, 7) is 4.52. The summed E-state index contributed by atoms with van der Waals surface area (Å²) in [7, 11) is 0. The molecule has 4 rings (SSSR count). The number of hydrogen-bond donors (Lipinski definition) is 0. The van der Waals surface area contributed by atoms with Crippen LogP contribution >= 0.6 is 23.2 Å². The van der Waals surface area contributed by atoms with Crippen molar-refractivity contribution >= 4 is 23.2 Å². The normalized spacial score (nSPS) is 14.0. The van der Waals surface area contributed by atoms with Crippen LogP contribution in [0.4, 0.5) is 4.39 Å². The molecule has 0 amide bonds. The average Bonchev–Trinajstić information content (AvgIpc) is 2.88. The van der Waals surface area contributed by atoms with E-state index < -0.39 is 5.82 Å². The zero-order chi connectivity index (χ0) is 24.8. The fraction of sp³-hybridized carbons (Fsp3) is 0.219. The van der Waals surface area contributed by atoms with Crippen LogP contribution in [-0.4, -0.2) is 0 Å². The summed E-state index contributed by atoms with van der Waals surface area (Å²) < 4.78 is 14.1. The summed E-state index contributed by atoms with van der Waals surface area (Å²) in [4.78, 5) is 0. The fourth-order valence-electron chi connectivity index (χ4n) is 4.94. The quantitative estimate of drug-likeness (QED) is 0.213. The Morgan fingerprint density at radius 1 is 0.714 bits per heavy atom. The summed E-state index contributed by atoms with van der Waals surface area (Å²) in [5, 5.41) is 0.857. The molecule has 4 aromatic rings. The average molecular weight is 504 g/mol. The maximum absolute atomic E-state index is 14.1. The highest BCUT2D eigenvalue weighted by Crippen LogP contribution is 2.46. The molecule has 0 heterocycles. The molecule has 35 heavy (non-hydrogen) atoms. The molecule has 0 saturated carbocycles. The van der Waals surface area contributed by atoms with Crippen LogP contribution in [0.1, 0.15) is 66.7 Å². The lowest BCUT2D eigenvalue weighted by molar-refractivity contribution is 0.537. The molecule has 0 aliphatic rings. The van der Waals surface area contributed by atoms with Gasteiger partial charge in [-0.15, -0.1) is 0 Å². The largest absolute Gasteiger partial charge is 0.205 e. The van der Waals surface area contributed by atoms with Crippen LogP contribution in [0.25, 0.3) is 0 Å². The van der Waals surface area contributed by atoms with Crippen LogP contribution in [0.5, 0.6) is 0 Å². The second-order valence-electron chi connectivity index (χ2n) is 9.24. The summed E-state index contributed by atoms with van der Waals surface area (Å²) >= 11 is 12.7. The molecule has 0 saturated heterocycles. The highest BCUT2D eigenvalue weighted by atomic mass is 35.5. The molecule has 4 aromatic carbocycles. The number of halogens is 3. The molecule has 0 aliphatic carbocycles. The van der Waals surface area contributed by atoms with Crippen molar-refractivity contribution in [2.45, 2.75) is 44.4 Å². The maximum atomic E-state index is 14.1. The standard InChI is InChI=1S/C32H30Cl2F/c1-22(24-10-5-3-6-11-24)16-18-29(26-17-19-31(35)30(34)21-26)32(27-14-9-15-28(33)20-27)23(2)25-12-7-4-8-13-25/h3-15,17,19-23,32H,16,18H2,1-2H3. The van der Waals surface area contributed by atoms with Crippen molar-refractivity contribution in [2.24, 2.45) is 0 Å². The van der Waals surface area contributed by atoms with Gasteiger partial charge in [0.2, 0.25) is 0 Å². The summed E-state index contributed by atoms with van der Waals surface area (Å²) in [5.74, 6) is 1.46. The van der Waals surface area contributed by atoms with Gasteiger partial charge in [0.15, 0.2) is 0 Å². The van der Waals surface area contributed by atoms with E-state index in [4.69, 9.17) is 23.2 Å². The zero-order valence-corrected chi connectivity index (χ0v) is 21.6. The van der Waals surface area contributed by atoms with Crippen molar-refractivity contribution in [2.75, 3.05) is 0 Å². The lowest BCUT2D eigenvalue weighted by Gasteiger charge is -2.34. The molecule has 0 nitrogen and oxygen atoms in total. The van der Waals surface area contributed by atoms with Gasteiger partial charge >= 0.3 is 0 Å². The minimum atomic E-state index is -0.400. The molecule has 0 N–H and O–H groups in total. The first-order valence-electron chi connectivity index (χ1n) is 12.1. The van der Waals surface area contributed by atoms with Gasteiger partial charge in [-0.05, 0) is 71.2 Å². The van der Waals surface area contributed by atoms with Gasteiger partial charge in [-0.1, -0.05) is 116 Å². The van der Waals surface area contributed by atoms with Gasteiger partial charge in [-0.3, -0.25) is 0 Å². The Kier molecular flexibility index (Phi) is 8.65. The Morgan fingerprint density at radius 2 is 1.34 bits per heavy atom. The number of rotatable bonds is 9. The van der Waals surface area contributed by atoms with Crippen molar-refractivity contribution in [1.29, 1.82) is 0 Å². The van der Waals surface area contributed by atoms with E-state index in [9.17, 15) is 4.39 Å². The Hall–Kier alpha value is -2.61. The van der Waals surface area contributed by atoms with E-state index in [-0.39, 0.29) is 16.9 Å². The van der Waals surface area contributed by atoms with Crippen LogP contribution in [0, 0.1) is 11.7 Å². The van der Waals surface area contributed by atoms with Gasteiger partial charge < -0.3 is 0 Å². The molecule has 3 unspecified atom stereocenters. The Morgan fingerprint density at radius 3 is 1.97 bits per heavy atom. The van der Waals surface area contributed by atoms with Gasteiger partial charge in [0, 0.05) is 16.9 Å². The number of hydrogen-bond acceptors (Lipinski definition) is 0. The molecule has 0 bridgehead atoms. The fourth-order valence-corrected chi connectivity index (χ4v) is 5.32. The molecule has 0 fully saturated rings. The molecule has 179 valence electrons. The predicted octanol–water partition coefficient (Wildman–Crippen LogP) is 10.2. The van der Waals surface area contributed by atoms with E-state index in [1.54, 1.807) is 6.07 Å². The SMILES string of the molecule is CC(CC[C](c1ccc(F)c(Cl)c1)C(c1cccc(Cl)c1)C(C)c1ccccc1)c1ccccc1. The molecule has 3 heteroatoms. The predicted molar refractivity (Wildman–Crippen MR) is 147 cm³/mol. The molecule has 0 aliphatic heterocycles. The summed E-state index contributed by atoms with van der Waals surface area (Å²) in [6, 6.07) is 34.3. The monoisotopic (exact) mass is 503 g/mol. The second-order valence-corrected chi connectivity index (χ2v) is 10.1. The van der Waals surface area contributed by atoms with Crippen molar-refractivity contribution < 1.29 is 4.39 Å². The number of benzene rings is 4. The van der Waals surface area contributed by atoms with Crippen LogP contribution in [0.2, 0.25) is 10.0 Å². The van der Waals surface area contributed by atoms with Crippen molar-refractivity contribution in [3.05, 3.63) is 147 Å². The molecular weight excluding hydrogens is 474 g/mol. The third-order valence-electron chi connectivity index (χ3n) is 6.91. The van der Waals surface area contributed by atoms with Crippen molar-refractivity contribution in [1.82, 2.24) is 0 Å². The van der Waals surface area contributed by atoms with Crippen molar-refractivity contribution in [3.8, 4) is 0 Å². The van der Waals surface area contributed by atoms with E-state index >= 15 is 0 Å². The first-order valence-corrected chi connectivity index (χ1v) is 12.9. The first kappa shape index (κ1) is 25.5. The molecule has 1 radical (unpaired) electrons. The third kappa shape index (κ3) is 6.34. The van der Waals surface area contributed by atoms with E-state index in [1.807, 2.05) is 30.3 Å². The zero-order valence-electron chi connectivity index (χ0n) is 20.1. The van der Waals surface area contributed by atoms with Crippen molar-refractivity contribution in [3.63, 3.8) is 0 Å². The molecule has 0 aromatic heterocycles. The topological polar surface area (TPSA) is 0 Å². The molecule has 0 spiro atoms.